The molecule has 0 radical (unpaired) electrons. The van der Waals surface area contributed by atoms with E-state index < -0.39 is 0 Å². The number of amides is 1. The number of aromatic hydroxyl groups is 1. The highest BCUT2D eigenvalue weighted by molar-refractivity contribution is 7.99. The summed E-state index contributed by atoms with van der Waals surface area (Å²) in [6, 6.07) is 24.9. The van der Waals surface area contributed by atoms with E-state index in [1.54, 1.807) is 30.5 Å². The van der Waals surface area contributed by atoms with Crippen LogP contribution >= 0.6 is 11.8 Å². The molecule has 0 saturated carbocycles. The highest BCUT2D eigenvalue weighted by Gasteiger charge is 2.20. The van der Waals surface area contributed by atoms with Crippen molar-refractivity contribution in [1.82, 2.24) is 10.4 Å². The number of para-hydroxylation sites is 2. The van der Waals surface area contributed by atoms with Gasteiger partial charge in [-0.1, -0.05) is 42.5 Å². The summed E-state index contributed by atoms with van der Waals surface area (Å²) < 4.78 is 2.18. The van der Waals surface area contributed by atoms with E-state index >= 15 is 0 Å². The number of rotatable bonds is 7. The van der Waals surface area contributed by atoms with Crippen molar-refractivity contribution in [1.29, 1.82) is 0 Å². The lowest BCUT2D eigenvalue weighted by Gasteiger charge is -2.02. The number of phenols is 1. The maximum absolute atomic E-state index is 12.2. The van der Waals surface area contributed by atoms with Crippen LogP contribution in [0.4, 0.5) is 0 Å². The van der Waals surface area contributed by atoms with Crippen LogP contribution in [-0.4, -0.2) is 28.0 Å². The number of benzene rings is 3. The molecule has 0 unspecified atom stereocenters. The quantitative estimate of drug-likeness (QED) is 0.186. The lowest BCUT2D eigenvalue weighted by Crippen LogP contribution is -2.36. The molecule has 0 fully saturated rings. The third kappa shape index (κ3) is 4.87. The Hall–Kier alpha value is -3.58. The van der Waals surface area contributed by atoms with Gasteiger partial charge in [0.1, 0.15) is 12.3 Å². The molecule has 1 aromatic heterocycles. The third-order valence-corrected chi connectivity index (χ3v) is 5.50. The Morgan fingerprint density at radius 2 is 1.77 bits per heavy atom. The summed E-state index contributed by atoms with van der Waals surface area (Å²) in [5.41, 5.74) is 6.65. The Morgan fingerprint density at radius 3 is 2.57 bits per heavy atom. The number of carbonyl (C=O) groups excluding carboxylic acids is 1. The van der Waals surface area contributed by atoms with Crippen LogP contribution in [0.1, 0.15) is 11.1 Å². The van der Waals surface area contributed by atoms with Crippen LogP contribution in [0.25, 0.3) is 11.0 Å². The molecule has 4 rings (SSSR count). The molecule has 0 atom stereocenters. The van der Waals surface area contributed by atoms with Gasteiger partial charge in [-0.05, 0) is 59.3 Å². The van der Waals surface area contributed by atoms with Gasteiger partial charge in [0.25, 0.3) is 5.91 Å². The number of fused-ring (bicyclic) bond motifs is 1. The van der Waals surface area contributed by atoms with Gasteiger partial charge in [0.05, 0.1) is 12.0 Å². The van der Waals surface area contributed by atoms with Crippen molar-refractivity contribution < 1.29 is 14.5 Å². The number of imidazole rings is 1. The molecule has 0 aliphatic heterocycles. The van der Waals surface area contributed by atoms with Crippen LogP contribution in [0.5, 0.6) is 5.75 Å². The summed E-state index contributed by atoms with van der Waals surface area (Å²) in [4.78, 5) is 15.6. The Morgan fingerprint density at radius 1 is 1.03 bits per heavy atom. The molecular weight excluding hydrogens is 396 g/mol. The van der Waals surface area contributed by atoms with E-state index in [4.69, 9.17) is 0 Å². The lowest BCUT2D eigenvalue weighted by molar-refractivity contribution is -0.700. The minimum absolute atomic E-state index is 0.190. The summed E-state index contributed by atoms with van der Waals surface area (Å²) in [7, 11) is 0. The molecule has 150 valence electrons. The molecule has 3 N–H and O–H groups in total. The zero-order chi connectivity index (χ0) is 20.8. The van der Waals surface area contributed by atoms with Gasteiger partial charge in [-0.3, -0.25) is 4.79 Å². The fourth-order valence-electron chi connectivity index (χ4n) is 3.05. The summed E-state index contributed by atoms with van der Waals surface area (Å²) in [5.74, 6) is 0.226. The molecule has 0 aliphatic rings. The number of hydrazone groups is 1. The molecule has 7 heteroatoms. The van der Waals surface area contributed by atoms with Gasteiger partial charge < -0.3 is 5.11 Å². The molecular formula is C23H21N4O2S+. The smallest absolute Gasteiger partial charge is 0.317 e. The zero-order valence-electron chi connectivity index (χ0n) is 16.2. The van der Waals surface area contributed by atoms with Crippen molar-refractivity contribution in [2.45, 2.75) is 11.7 Å². The van der Waals surface area contributed by atoms with Crippen molar-refractivity contribution >= 4 is 34.9 Å². The monoisotopic (exact) mass is 417 g/mol. The predicted octanol–water partition coefficient (Wildman–Crippen LogP) is 3.45. The van der Waals surface area contributed by atoms with Crippen molar-refractivity contribution in [3.8, 4) is 5.75 Å². The van der Waals surface area contributed by atoms with E-state index in [1.807, 2.05) is 36.4 Å². The lowest BCUT2D eigenvalue weighted by atomic mass is 10.2. The minimum Gasteiger partial charge on any atom is -0.508 e. The second kappa shape index (κ2) is 9.28. The SMILES string of the molecule is O=C(CSc1[nH]c2ccccc2[n+]1Cc1ccccc1)N/N=C/c1ccc(O)cc1. The van der Waals surface area contributed by atoms with Crippen LogP contribution in [-0.2, 0) is 11.3 Å². The van der Waals surface area contributed by atoms with E-state index in [9.17, 15) is 9.90 Å². The van der Waals surface area contributed by atoms with E-state index in [0.29, 0.717) is 6.54 Å². The van der Waals surface area contributed by atoms with Crippen molar-refractivity contribution in [2.24, 2.45) is 5.10 Å². The number of phenolic OH excluding ortho intramolecular Hbond substituents is 1. The molecule has 0 saturated heterocycles. The van der Waals surface area contributed by atoms with Gasteiger partial charge in [-0.15, -0.1) is 0 Å². The average molecular weight is 418 g/mol. The Bertz CT molecular complexity index is 1170. The first-order valence-corrected chi connectivity index (χ1v) is 10.5. The average Bonchev–Trinajstić information content (AvgIpc) is 3.12. The van der Waals surface area contributed by atoms with Crippen LogP contribution in [0.2, 0.25) is 0 Å². The van der Waals surface area contributed by atoms with Crippen LogP contribution < -0.4 is 9.99 Å². The predicted molar refractivity (Wildman–Crippen MR) is 119 cm³/mol. The topological polar surface area (TPSA) is 81.4 Å². The third-order valence-electron chi connectivity index (χ3n) is 4.50. The number of nitrogens with zero attached hydrogens (tertiary/aromatic N) is 2. The number of thioether (sulfide) groups is 1. The first-order chi connectivity index (χ1) is 14.7. The second-order valence-corrected chi connectivity index (χ2v) is 7.66. The zero-order valence-corrected chi connectivity index (χ0v) is 17.0. The summed E-state index contributed by atoms with van der Waals surface area (Å²) in [5, 5.41) is 14.2. The van der Waals surface area contributed by atoms with Crippen molar-refractivity contribution in [3.05, 3.63) is 90.0 Å². The van der Waals surface area contributed by atoms with E-state index in [2.05, 4.69) is 38.3 Å². The molecule has 0 spiro atoms. The standard InChI is InChI=1S/C23H20N4O2S/c28-19-12-10-17(11-13-19)14-24-26-22(29)16-30-23-25-20-8-4-5-9-21(20)27(23)15-18-6-2-1-3-7-18/h1-14H,15-16H2,(H2,24,26,28,29)/p+1. The molecule has 3 aromatic carbocycles. The highest BCUT2D eigenvalue weighted by atomic mass is 32.2. The van der Waals surface area contributed by atoms with E-state index in [-0.39, 0.29) is 17.4 Å². The molecule has 6 nitrogen and oxygen atoms in total. The fraction of sp³-hybridized carbons (Fsp3) is 0.0870. The molecule has 0 bridgehead atoms. The maximum atomic E-state index is 12.2. The van der Waals surface area contributed by atoms with Gasteiger partial charge >= 0.3 is 5.16 Å². The summed E-state index contributed by atoms with van der Waals surface area (Å²) in [6.45, 7) is 0.716. The second-order valence-electron chi connectivity index (χ2n) is 6.69. The summed E-state index contributed by atoms with van der Waals surface area (Å²) >= 11 is 1.44. The van der Waals surface area contributed by atoms with Crippen LogP contribution in [0, 0.1) is 0 Å². The number of carbonyl (C=O) groups is 1. The number of aromatic amines is 1. The van der Waals surface area contributed by atoms with Gasteiger partial charge in [0, 0.05) is 0 Å². The Labute approximate surface area is 178 Å². The normalized spacial score (nSPS) is 11.2. The van der Waals surface area contributed by atoms with Crippen LogP contribution in [0.3, 0.4) is 0 Å². The fourth-order valence-corrected chi connectivity index (χ4v) is 3.88. The first kappa shape index (κ1) is 19.7. The number of hydrogen-bond acceptors (Lipinski definition) is 4. The summed E-state index contributed by atoms with van der Waals surface area (Å²) in [6.07, 6.45) is 1.54. The highest BCUT2D eigenvalue weighted by Crippen LogP contribution is 2.18. The molecule has 4 aromatic rings. The van der Waals surface area contributed by atoms with Crippen LogP contribution in [0.15, 0.2) is 89.1 Å². The number of aromatic nitrogens is 2. The van der Waals surface area contributed by atoms with E-state index in [1.165, 1.54) is 17.3 Å². The molecule has 1 heterocycles. The van der Waals surface area contributed by atoms with Gasteiger partial charge in [-0.2, -0.15) is 5.10 Å². The van der Waals surface area contributed by atoms with Gasteiger partial charge in [-0.25, -0.2) is 15.0 Å². The first-order valence-electron chi connectivity index (χ1n) is 9.47. The maximum Gasteiger partial charge on any atom is 0.317 e. The molecule has 1 amide bonds. The van der Waals surface area contributed by atoms with Crippen molar-refractivity contribution in [3.63, 3.8) is 0 Å². The van der Waals surface area contributed by atoms with E-state index in [0.717, 1.165) is 21.8 Å². The molecule has 30 heavy (non-hydrogen) atoms. The molecule has 0 aliphatic carbocycles. The minimum atomic E-state index is -0.194. The number of nitrogens with one attached hydrogen (secondary N) is 2. The number of hydrogen-bond donors (Lipinski definition) is 3. The number of H-pyrrole nitrogens is 1. The largest absolute Gasteiger partial charge is 0.508 e. The van der Waals surface area contributed by atoms with Gasteiger partial charge in [0.2, 0.25) is 0 Å². The van der Waals surface area contributed by atoms with Gasteiger partial charge in [0.15, 0.2) is 11.0 Å². The van der Waals surface area contributed by atoms with Crippen molar-refractivity contribution in [2.75, 3.05) is 5.75 Å². The Kier molecular flexibility index (Phi) is 6.10. The Balaban J connectivity index is 1.43.